The smallest absolute Gasteiger partial charge is 0.491 e. The third kappa shape index (κ3) is 6.66. The molecule has 3 aromatic rings. The summed E-state index contributed by atoms with van der Waals surface area (Å²) < 4.78 is 87.9. The van der Waals surface area contributed by atoms with Crippen LogP contribution >= 0.6 is 11.6 Å². The van der Waals surface area contributed by atoms with Crippen LogP contribution in [0.4, 0.5) is 17.6 Å². The lowest BCUT2D eigenvalue weighted by Crippen LogP contribution is -2.29. The lowest BCUT2D eigenvalue weighted by atomic mass is 9.92. The van der Waals surface area contributed by atoms with Crippen LogP contribution in [0.3, 0.4) is 0 Å². The number of esters is 1. The molecule has 0 saturated heterocycles. The third-order valence-electron chi connectivity index (χ3n) is 5.56. The Morgan fingerprint density at radius 2 is 1.69 bits per heavy atom. The van der Waals surface area contributed by atoms with Gasteiger partial charge in [0.15, 0.2) is 27.2 Å². The average Bonchev–Trinajstić information content (AvgIpc) is 2.85. The van der Waals surface area contributed by atoms with Crippen molar-refractivity contribution in [1.29, 1.82) is 0 Å². The van der Waals surface area contributed by atoms with E-state index in [0.717, 1.165) is 30.0 Å². The number of hydrogen-bond acceptors (Lipinski definition) is 7. The molecular formula is C25H20ClF4NO7S. The summed E-state index contributed by atoms with van der Waals surface area (Å²) >= 11 is 6.10. The normalized spacial score (nSPS) is 11.8. The van der Waals surface area contributed by atoms with Gasteiger partial charge in [0.1, 0.15) is 5.75 Å². The number of halogens is 5. The fourth-order valence-electron chi connectivity index (χ4n) is 3.52. The van der Waals surface area contributed by atoms with Gasteiger partial charge in [0.25, 0.3) is 5.56 Å². The van der Waals surface area contributed by atoms with Crippen LogP contribution in [0.5, 0.6) is 11.5 Å². The number of carbonyl (C=O) groups excluding carboxylic acids is 2. The third-order valence-corrected chi connectivity index (χ3v) is 7.52. The van der Waals surface area contributed by atoms with E-state index in [9.17, 15) is 40.4 Å². The molecule has 3 rings (SSSR count). The van der Waals surface area contributed by atoms with Crippen molar-refractivity contribution < 1.29 is 45.0 Å². The summed E-state index contributed by atoms with van der Waals surface area (Å²) in [6.45, 7) is 1.42. The molecule has 0 aliphatic heterocycles. The van der Waals surface area contributed by atoms with Crippen LogP contribution in [-0.2, 0) is 27.4 Å². The number of methoxy groups -OCH3 is 1. The number of sulfone groups is 1. The average molecular weight is 590 g/mol. The predicted molar refractivity (Wildman–Crippen MR) is 133 cm³/mol. The molecule has 1 aromatic heterocycles. The van der Waals surface area contributed by atoms with Crippen LogP contribution < -0.4 is 15.0 Å². The zero-order chi connectivity index (χ0) is 29.3. The summed E-state index contributed by atoms with van der Waals surface area (Å²) in [5, 5.41) is -0.314. The van der Waals surface area contributed by atoms with Gasteiger partial charge in [-0.25, -0.2) is 17.6 Å². The van der Waals surface area contributed by atoms with Crippen molar-refractivity contribution in [1.82, 2.24) is 4.57 Å². The summed E-state index contributed by atoms with van der Waals surface area (Å²) in [5.41, 5.74) is -1.65. The predicted octanol–water partition coefficient (Wildman–Crippen LogP) is 4.49. The molecule has 0 fully saturated rings. The molecule has 0 aliphatic carbocycles. The van der Waals surface area contributed by atoms with Crippen LogP contribution in [-0.4, -0.2) is 43.8 Å². The number of ether oxygens (including phenoxy) is 2. The first-order valence-electron chi connectivity index (χ1n) is 11.0. The highest BCUT2D eigenvalue weighted by molar-refractivity contribution is 7.90. The molecule has 0 aliphatic rings. The monoisotopic (exact) mass is 589 g/mol. The second-order valence-electron chi connectivity index (χ2n) is 8.24. The van der Waals surface area contributed by atoms with Gasteiger partial charge >= 0.3 is 12.1 Å². The second-order valence-corrected chi connectivity index (χ2v) is 11.0. The molecule has 208 valence electrons. The molecule has 0 amide bonds. The maximum absolute atomic E-state index is 14.1. The highest BCUT2D eigenvalue weighted by Crippen LogP contribution is 2.36. The number of benzene rings is 2. The van der Waals surface area contributed by atoms with Crippen molar-refractivity contribution in [2.24, 2.45) is 7.05 Å². The van der Waals surface area contributed by atoms with Crippen molar-refractivity contribution in [3.05, 3.63) is 80.5 Å². The van der Waals surface area contributed by atoms with Crippen molar-refractivity contribution in [3.63, 3.8) is 0 Å². The molecule has 14 heteroatoms. The van der Waals surface area contributed by atoms with Gasteiger partial charge in [0.2, 0.25) is 0 Å². The van der Waals surface area contributed by atoms with E-state index in [0.29, 0.717) is 6.07 Å². The number of carbonyl (C=O) groups is 2. The van der Waals surface area contributed by atoms with Crippen molar-refractivity contribution >= 4 is 33.2 Å². The van der Waals surface area contributed by atoms with Crippen LogP contribution in [0.25, 0.3) is 11.1 Å². The number of aryl methyl sites for hydroxylation is 1. The maximum atomic E-state index is 14.1. The first kappa shape index (κ1) is 29.8. The number of hydrogen-bond donors (Lipinski definition) is 0. The van der Waals surface area contributed by atoms with Crippen LogP contribution in [0, 0.1) is 5.82 Å². The topological polar surface area (TPSA) is 109 Å². The minimum absolute atomic E-state index is 0.146. The molecule has 0 saturated carbocycles. The quantitative estimate of drug-likeness (QED) is 0.216. The highest BCUT2D eigenvalue weighted by Gasteiger charge is 2.42. The molecule has 0 N–H and O–H groups in total. The summed E-state index contributed by atoms with van der Waals surface area (Å²) in [6, 6.07) is 6.19. The van der Waals surface area contributed by atoms with Crippen molar-refractivity contribution in [2.45, 2.75) is 18.9 Å². The van der Waals surface area contributed by atoms with Gasteiger partial charge in [-0.1, -0.05) is 30.7 Å². The van der Waals surface area contributed by atoms with E-state index in [1.54, 1.807) is 0 Å². The first-order valence-corrected chi connectivity index (χ1v) is 13.2. The minimum Gasteiger partial charge on any atom is -0.494 e. The first-order chi connectivity index (χ1) is 18.1. The van der Waals surface area contributed by atoms with Crippen molar-refractivity contribution in [2.75, 3.05) is 12.9 Å². The number of pyridine rings is 1. The largest absolute Gasteiger partial charge is 0.494 e. The summed E-state index contributed by atoms with van der Waals surface area (Å²) in [6.07, 6.45) is -4.38. The zero-order valence-electron chi connectivity index (χ0n) is 20.6. The molecule has 0 radical (unpaired) electrons. The van der Waals surface area contributed by atoms with Gasteiger partial charge in [-0.05, 0) is 29.3 Å². The maximum Gasteiger partial charge on any atom is 0.491 e. The highest BCUT2D eigenvalue weighted by atomic mass is 35.5. The van der Waals surface area contributed by atoms with Crippen molar-refractivity contribution in [3.8, 4) is 22.6 Å². The van der Waals surface area contributed by atoms with Gasteiger partial charge in [0.05, 0.1) is 17.9 Å². The van der Waals surface area contributed by atoms with Gasteiger partial charge in [0, 0.05) is 41.8 Å². The van der Waals surface area contributed by atoms with E-state index in [1.807, 2.05) is 0 Å². The number of alkyl halides is 3. The molecule has 0 bridgehead atoms. The van der Waals surface area contributed by atoms with E-state index in [-0.39, 0.29) is 44.3 Å². The standard InChI is InChI=1S/C25H20ClF4NO7S/c1-4-39(35,36)12-13-5-6-14(23(33)16-8-21(37-3)19(27)9-18(16)26)15(7-13)17-11-31(2)22(32)10-20(17)38-24(34)25(28,29)30/h5-11H,4,12H2,1-3H3. The van der Waals surface area contributed by atoms with Crippen LogP contribution in [0.2, 0.25) is 5.02 Å². The van der Waals surface area contributed by atoms with E-state index in [2.05, 4.69) is 4.74 Å². The SMILES string of the molecule is CCS(=O)(=O)Cc1ccc(C(=O)c2cc(OC)c(F)cc2Cl)c(-c2cn(C)c(=O)cc2OC(=O)C(F)(F)F)c1. The summed E-state index contributed by atoms with van der Waals surface area (Å²) in [5.74, 6) is -6.19. The second kappa shape index (κ2) is 11.2. The molecule has 8 nitrogen and oxygen atoms in total. The Labute approximate surface area is 224 Å². The zero-order valence-corrected chi connectivity index (χ0v) is 22.1. The Balaban J connectivity index is 2.33. The van der Waals surface area contributed by atoms with Gasteiger partial charge in [-0.15, -0.1) is 0 Å². The Bertz CT molecular complexity index is 1630. The number of nitrogens with zero attached hydrogens (tertiary/aromatic N) is 1. The molecule has 39 heavy (non-hydrogen) atoms. The Morgan fingerprint density at radius 1 is 1.03 bits per heavy atom. The molecule has 0 atom stereocenters. The van der Waals surface area contributed by atoms with Gasteiger partial charge < -0.3 is 14.0 Å². The van der Waals surface area contributed by atoms with Gasteiger partial charge in [-0.2, -0.15) is 13.2 Å². The molecular weight excluding hydrogens is 570 g/mol. The molecule has 0 unspecified atom stereocenters. The molecule has 0 spiro atoms. The molecule has 2 aromatic carbocycles. The molecule has 1 heterocycles. The van der Waals surface area contributed by atoms with E-state index in [4.69, 9.17) is 16.3 Å². The fraction of sp³-hybridized carbons (Fsp3) is 0.240. The Hall–Kier alpha value is -3.71. The summed E-state index contributed by atoms with van der Waals surface area (Å²) in [7, 11) is -1.18. The lowest BCUT2D eigenvalue weighted by molar-refractivity contribution is -0.189. The van der Waals surface area contributed by atoms with Crippen LogP contribution in [0.1, 0.15) is 28.4 Å². The van der Waals surface area contributed by atoms with E-state index < -0.39 is 50.6 Å². The van der Waals surface area contributed by atoms with E-state index >= 15 is 0 Å². The number of rotatable bonds is 8. The van der Waals surface area contributed by atoms with Crippen LogP contribution in [0.15, 0.2) is 47.4 Å². The Morgan fingerprint density at radius 3 is 2.28 bits per heavy atom. The fourth-order valence-corrected chi connectivity index (χ4v) is 4.65. The lowest BCUT2D eigenvalue weighted by Gasteiger charge is -2.17. The van der Waals surface area contributed by atoms with E-state index in [1.165, 1.54) is 32.2 Å². The summed E-state index contributed by atoms with van der Waals surface area (Å²) in [4.78, 5) is 37.4. The minimum atomic E-state index is -5.41. The Kier molecular flexibility index (Phi) is 8.56. The van der Waals surface area contributed by atoms with Gasteiger partial charge in [-0.3, -0.25) is 9.59 Å². The number of ketones is 1. The number of aromatic nitrogens is 1.